The van der Waals surface area contributed by atoms with Crippen molar-refractivity contribution in [2.75, 3.05) is 32.2 Å². The molecule has 0 radical (unpaired) electrons. The molecule has 15 heavy (non-hydrogen) atoms. The van der Waals surface area contributed by atoms with Crippen molar-refractivity contribution in [2.45, 2.75) is 12.3 Å². The lowest BCUT2D eigenvalue weighted by molar-refractivity contribution is 0.199. The van der Waals surface area contributed by atoms with E-state index in [0.717, 1.165) is 17.8 Å². The lowest BCUT2D eigenvalue weighted by Gasteiger charge is -2.23. The Bertz CT molecular complexity index is 306. The number of aryl methyl sites for hydroxylation is 1. The van der Waals surface area contributed by atoms with Crippen LogP contribution in [0.2, 0.25) is 0 Å². The minimum absolute atomic E-state index is 0.00700. The summed E-state index contributed by atoms with van der Waals surface area (Å²) in [6.07, 6.45) is 3.64. The Morgan fingerprint density at radius 1 is 1.60 bits per heavy atom. The minimum Gasteiger partial charge on any atom is -0.383 e. The summed E-state index contributed by atoms with van der Waals surface area (Å²) < 4.78 is 5.00. The van der Waals surface area contributed by atoms with Crippen molar-refractivity contribution < 1.29 is 4.74 Å². The summed E-state index contributed by atoms with van der Waals surface area (Å²) in [4.78, 5) is 6.18. The van der Waals surface area contributed by atoms with Crippen LogP contribution in [-0.4, -0.2) is 37.7 Å². The van der Waals surface area contributed by atoms with Gasteiger partial charge in [-0.3, -0.25) is 4.98 Å². The van der Waals surface area contributed by atoms with Crippen LogP contribution in [0.1, 0.15) is 5.56 Å². The first-order valence-electron chi connectivity index (χ1n) is 4.90. The molecule has 0 saturated heterocycles. The molecule has 0 amide bonds. The van der Waals surface area contributed by atoms with Gasteiger partial charge in [-0.15, -0.1) is 11.6 Å². The molecule has 0 N–H and O–H groups in total. The molecule has 4 heteroatoms. The van der Waals surface area contributed by atoms with E-state index in [1.165, 1.54) is 0 Å². The van der Waals surface area contributed by atoms with E-state index in [1.807, 2.05) is 26.2 Å². The molecule has 84 valence electrons. The van der Waals surface area contributed by atoms with Crippen LogP contribution in [-0.2, 0) is 4.74 Å². The normalized spacial score (nSPS) is 12.5. The molecule has 0 aliphatic carbocycles. The second kappa shape index (κ2) is 5.93. The first-order chi connectivity index (χ1) is 7.15. The van der Waals surface area contributed by atoms with Crippen LogP contribution in [0.4, 0.5) is 5.69 Å². The summed E-state index contributed by atoms with van der Waals surface area (Å²) in [6, 6.07) is 1.99. The van der Waals surface area contributed by atoms with Crippen molar-refractivity contribution in [3.63, 3.8) is 0 Å². The predicted octanol–water partition coefficient (Wildman–Crippen LogP) is 2.08. The number of aromatic nitrogens is 1. The number of anilines is 1. The van der Waals surface area contributed by atoms with Gasteiger partial charge in [0, 0.05) is 38.8 Å². The number of hydrogen-bond donors (Lipinski definition) is 0. The van der Waals surface area contributed by atoms with Gasteiger partial charge in [-0.05, 0) is 18.6 Å². The molecule has 0 spiro atoms. The Hall–Kier alpha value is -0.800. The molecular weight excluding hydrogens is 212 g/mol. The Morgan fingerprint density at radius 3 is 2.93 bits per heavy atom. The summed E-state index contributed by atoms with van der Waals surface area (Å²) in [5.74, 6) is 0. The molecule has 1 heterocycles. The minimum atomic E-state index is 0.00700. The Balaban J connectivity index is 2.61. The largest absolute Gasteiger partial charge is 0.383 e. The standard InChI is InChI=1S/C11H17ClN2O/c1-9-6-13-5-4-11(9)14(2)7-10(12)8-15-3/h4-6,10H,7-8H2,1-3H3. The van der Waals surface area contributed by atoms with Crippen molar-refractivity contribution in [2.24, 2.45) is 0 Å². The van der Waals surface area contributed by atoms with Gasteiger partial charge in [0.25, 0.3) is 0 Å². The third-order valence-corrected chi connectivity index (χ3v) is 2.49. The third-order valence-electron chi connectivity index (χ3n) is 2.22. The quantitative estimate of drug-likeness (QED) is 0.722. The van der Waals surface area contributed by atoms with Gasteiger partial charge in [0.1, 0.15) is 0 Å². The van der Waals surface area contributed by atoms with Gasteiger partial charge in [0.05, 0.1) is 12.0 Å². The maximum atomic E-state index is 6.10. The van der Waals surface area contributed by atoms with Gasteiger partial charge >= 0.3 is 0 Å². The van der Waals surface area contributed by atoms with Gasteiger partial charge in [0.2, 0.25) is 0 Å². The molecule has 1 aromatic heterocycles. The molecule has 0 bridgehead atoms. The second-order valence-electron chi connectivity index (χ2n) is 3.60. The number of pyridine rings is 1. The summed E-state index contributed by atoms with van der Waals surface area (Å²) in [7, 11) is 3.68. The Labute approximate surface area is 96.0 Å². The van der Waals surface area contributed by atoms with Gasteiger partial charge < -0.3 is 9.64 Å². The number of hydrogen-bond acceptors (Lipinski definition) is 3. The SMILES string of the molecule is COCC(Cl)CN(C)c1ccncc1C. The maximum Gasteiger partial charge on any atom is 0.0744 e. The summed E-state index contributed by atoms with van der Waals surface area (Å²) in [5, 5.41) is 0.00700. The van der Waals surface area contributed by atoms with Crippen LogP contribution in [0, 0.1) is 6.92 Å². The summed E-state index contributed by atoms with van der Waals surface area (Å²) in [6.45, 7) is 3.37. The highest BCUT2D eigenvalue weighted by Crippen LogP contribution is 2.17. The zero-order valence-corrected chi connectivity index (χ0v) is 10.2. The number of nitrogens with zero attached hydrogens (tertiary/aromatic N) is 2. The van der Waals surface area contributed by atoms with E-state index >= 15 is 0 Å². The zero-order chi connectivity index (χ0) is 11.3. The third kappa shape index (κ3) is 3.68. The van der Waals surface area contributed by atoms with E-state index in [0.29, 0.717) is 6.61 Å². The van der Waals surface area contributed by atoms with Crippen molar-refractivity contribution in [1.82, 2.24) is 4.98 Å². The van der Waals surface area contributed by atoms with Crippen LogP contribution < -0.4 is 4.90 Å². The number of halogens is 1. The Morgan fingerprint density at radius 2 is 2.33 bits per heavy atom. The second-order valence-corrected chi connectivity index (χ2v) is 4.21. The predicted molar refractivity (Wildman–Crippen MR) is 63.8 cm³/mol. The molecule has 0 aromatic carbocycles. The van der Waals surface area contributed by atoms with E-state index in [1.54, 1.807) is 13.3 Å². The zero-order valence-electron chi connectivity index (χ0n) is 9.40. The molecule has 1 rings (SSSR count). The van der Waals surface area contributed by atoms with E-state index in [2.05, 4.69) is 9.88 Å². The highest BCUT2D eigenvalue weighted by atomic mass is 35.5. The van der Waals surface area contributed by atoms with Gasteiger partial charge in [-0.1, -0.05) is 0 Å². The molecule has 0 saturated carbocycles. The number of methoxy groups -OCH3 is 1. The number of alkyl halides is 1. The van der Waals surface area contributed by atoms with Crippen LogP contribution >= 0.6 is 11.6 Å². The monoisotopic (exact) mass is 228 g/mol. The molecule has 3 nitrogen and oxygen atoms in total. The fourth-order valence-electron chi connectivity index (χ4n) is 1.52. The first kappa shape index (κ1) is 12.3. The Kier molecular flexibility index (Phi) is 4.85. The average Bonchev–Trinajstić information content (AvgIpc) is 2.18. The van der Waals surface area contributed by atoms with E-state index in [4.69, 9.17) is 16.3 Å². The van der Waals surface area contributed by atoms with E-state index in [-0.39, 0.29) is 5.38 Å². The van der Waals surface area contributed by atoms with Crippen LogP contribution in [0.15, 0.2) is 18.5 Å². The molecule has 0 aliphatic rings. The van der Waals surface area contributed by atoms with Gasteiger partial charge in [0.15, 0.2) is 0 Å². The van der Waals surface area contributed by atoms with Crippen LogP contribution in [0.5, 0.6) is 0 Å². The first-order valence-corrected chi connectivity index (χ1v) is 5.33. The molecule has 1 atom stereocenters. The summed E-state index contributed by atoms with van der Waals surface area (Å²) >= 11 is 6.10. The lowest BCUT2D eigenvalue weighted by Crippen LogP contribution is -2.28. The smallest absolute Gasteiger partial charge is 0.0744 e. The van der Waals surface area contributed by atoms with E-state index < -0.39 is 0 Å². The maximum absolute atomic E-state index is 6.10. The van der Waals surface area contributed by atoms with Crippen molar-refractivity contribution in [1.29, 1.82) is 0 Å². The average molecular weight is 229 g/mol. The molecule has 0 aliphatic heterocycles. The highest BCUT2D eigenvalue weighted by Gasteiger charge is 2.10. The molecular formula is C11H17ClN2O. The highest BCUT2D eigenvalue weighted by molar-refractivity contribution is 6.21. The van der Waals surface area contributed by atoms with Crippen LogP contribution in [0.3, 0.4) is 0 Å². The fourth-order valence-corrected chi connectivity index (χ4v) is 1.86. The van der Waals surface area contributed by atoms with Gasteiger partial charge in [-0.2, -0.15) is 0 Å². The molecule has 0 fully saturated rings. The van der Waals surface area contributed by atoms with Crippen molar-refractivity contribution in [3.05, 3.63) is 24.0 Å². The van der Waals surface area contributed by atoms with Crippen molar-refractivity contribution >= 4 is 17.3 Å². The molecule has 1 unspecified atom stereocenters. The number of rotatable bonds is 5. The van der Waals surface area contributed by atoms with Crippen LogP contribution in [0.25, 0.3) is 0 Å². The lowest BCUT2D eigenvalue weighted by atomic mass is 10.2. The number of ether oxygens (including phenoxy) is 1. The fraction of sp³-hybridized carbons (Fsp3) is 0.545. The van der Waals surface area contributed by atoms with Gasteiger partial charge in [-0.25, -0.2) is 0 Å². The topological polar surface area (TPSA) is 25.4 Å². The summed E-state index contributed by atoms with van der Waals surface area (Å²) in [5.41, 5.74) is 2.31. The molecule has 1 aromatic rings. The van der Waals surface area contributed by atoms with E-state index in [9.17, 15) is 0 Å². The van der Waals surface area contributed by atoms with Crippen molar-refractivity contribution in [3.8, 4) is 0 Å².